The summed E-state index contributed by atoms with van der Waals surface area (Å²) in [6, 6.07) is 3.89. The molecule has 0 spiro atoms. The Morgan fingerprint density at radius 2 is 2.10 bits per heavy atom. The van der Waals surface area contributed by atoms with Crippen molar-refractivity contribution in [2.75, 3.05) is 13.7 Å². The van der Waals surface area contributed by atoms with Crippen LogP contribution in [0.3, 0.4) is 0 Å². The number of rotatable bonds is 7. The summed E-state index contributed by atoms with van der Waals surface area (Å²) >= 11 is 17.4. The van der Waals surface area contributed by atoms with Gasteiger partial charge in [-0.3, -0.25) is 0 Å². The normalized spacial score (nSPS) is 11.8. The molecule has 1 rings (SSSR count). The number of methoxy groups -OCH3 is 1. The van der Waals surface area contributed by atoms with Crippen LogP contribution in [-0.4, -0.2) is 19.8 Å². The van der Waals surface area contributed by atoms with Crippen LogP contribution in [0, 0.1) is 0 Å². The molecule has 0 fully saturated rings. The Morgan fingerprint density at radius 1 is 1.40 bits per heavy atom. The highest BCUT2D eigenvalue weighted by Crippen LogP contribution is 2.35. The second-order valence-electron chi connectivity index (χ2n) is 4.48. The van der Waals surface area contributed by atoms with Gasteiger partial charge in [-0.15, -0.1) is 0 Å². The van der Waals surface area contributed by atoms with Crippen LogP contribution in [-0.2, 0) is 6.54 Å². The molecule has 0 saturated heterocycles. The van der Waals surface area contributed by atoms with E-state index >= 15 is 0 Å². The minimum atomic E-state index is 0.178. The summed E-state index contributed by atoms with van der Waals surface area (Å²) in [7, 11) is 1.57. The van der Waals surface area contributed by atoms with E-state index < -0.39 is 0 Å². The summed E-state index contributed by atoms with van der Waals surface area (Å²) < 4.78 is 11.0. The van der Waals surface area contributed by atoms with E-state index in [1.165, 1.54) is 5.54 Å². The van der Waals surface area contributed by atoms with E-state index in [9.17, 15) is 0 Å². The zero-order valence-electron chi connectivity index (χ0n) is 11.7. The Hall–Kier alpha value is -0.610. The van der Waals surface area contributed by atoms with E-state index in [0.29, 0.717) is 34.1 Å². The zero-order valence-corrected chi connectivity index (χ0v) is 13.9. The molecule has 0 amide bonds. The van der Waals surface area contributed by atoms with E-state index in [4.69, 9.17) is 44.3 Å². The Labute approximate surface area is 134 Å². The largest absolute Gasteiger partial charge is 0.493 e. The number of nitrogens with one attached hydrogen (secondary N) is 1. The average Bonchev–Trinajstić information content (AvgIpc) is 2.42. The fourth-order valence-electron chi connectivity index (χ4n) is 1.56. The highest BCUT2D eigenvalue weighted by atomic mass is 35.5. The van der Waals surface area contributed by atoms with Crippen LogP contribution in [0.15, 0.2) is 22.7 Å². The predicted octanol–water partition coefficient (Wildman–Crippen LogP) is 4.54. The van der Waals surface area contributed by atoms with Gasteiger partial charge in [0.15, 0.2) is 11.5 Å². The van der Waals surface area contributed by atoms with E-state index in [1.54, 1.807) is 13.2 Å². The Bertz CT molecular complexity index is 476. The Morgan fingerprint density at radius 3 is 2.65 bits per heavy atom. The standard InChI is InChI=1S/C14H18Cl3NO2/c1-9(2)18-7-10-4-11(16)5-13(19-3)14(10)20-8-12(17)6-15/h4-6,9,18H,7-8H2,1-3H3/b12-6-. The van der Waals surface area contributed by atoms with Crippen molar-refractivity contribution < 1.29 is 9.47 Å². The lowest BCUT2D eigenvalue weighted by molar-refractivity contribution is 0.319. The summed E-state index contributed by atoms with van der Waals surface area (Å²) in [5.41, 5.74) is 2.18. The highest BCUT2D eigenvalue weighted by molar-refractivity contribution is 6.36. The first-order valence-electron chi connectivity index (χ1n) is 6.15. The van der Waals surface area contributed by atoms with Crippen LogP contribution >= 0.6 is 34.8 Å². The third-order valence-corrected chi connectivity index (χ3v) is 3.30. The number of hydrogen-bond donors (Lipinski definition) is 1. The van der Waals surface area contributed by atoms with Crippen molar-refractivity contribution >= 4 is 34.8 Å². The third-order valence-electron chi connectivity index (χ3n) is 2.49. The van der Waals surface area contributed by atoms with Gasteiger partial charge in [0.25, 0.3) is 0 Å². The summed E-state index contributed by atoms with van der Waals surface area (Å²) in [4.78, 5) is 0. The van der Waals surface area contributed by atoms with Crippen molar-refractivity contribution in [1.29, 1.82) is 0 Å². The molecular formula is C14H18Cl3NO2. The minimum Gasteiger partial charge on any atom is -0.493 e. The second kappa shape index (κ2) is 8.63. The van der Waals surface area contributed by atoms with Crippen molar-refractivity contribution in [3.8, 4) is 11.5 Å². The molecule has 6 heteroatoms. The van der Waals surface area contributed by atoms with Gasteiger partial charge < -0.3 is 14.8 Å². The predicted molar refractivity (Wildman–Crippen MR) is 85.3 cm³/mol. The van der Waals surface area contributed by atoms with E-state index in [0.717, 1.165) is 5.56 Å². The van der Waals surface area contributed by atoms with Gasteiger partial charge in [-0.2, -0.15) is 0 Å². The van der Waals surface area contributed by atoms with Crippen LogP contribution in [0.4, 0.5) is 0 Å². The minimum absolute atomic E-state index is 0.178. The molecule has 1 aromatic rings. The van der Waals surface area contributed by atoms with Crippen LogP contribution in [0.5, 0.6) is 11.5 Å². The summed E-state index contributed by atoms with van der Waals surface area (Å²) in [5.74, 6) is 1.18. The van der Waals surface area contributed by atoms with Crippen LogP contribution < -0.4 is 14.8 Å². The molecule has 0 saturated carbocycles. The number of halogens is 3. The molecule has 1 aromatic carbocycles. The van der Waals surface area contributed by atoms with Gasteiger partial charge in [0.2, 0.25) is 0 Å². The topological polar surface area (TPSA) is 30.5 Å². The van der Waals surface area contributed by atoms with Crippen molar-refractivity contribution in [3.05, 3.63) is 33.3 Å². The van der Waals surface area contributed by atoms with Gasteiger partial charge in [-0.25, -0.2) is 0 Å². The molecule has 20 heavy (non-hydrogen) atoms. The maximum atomic E-state index is 6.08. The van der Waals surface area contributed by atoms with Crippen molar-refractivity contribution in [2.45, 2.75) is 26.4 Å². The number of hydrogen-bond acceptors (Lipinski definition) is 3. The van der Waals surface area contributed by atoms with Crippen LogP contribution in [0.25, 0.3) is 0 Å². The Balaban J connectivity index is 3.02. The molecule has 0 heterocycles. The molecule has 0 atom stereocenters. The third kappa shape index (κ3) is 5.41. The van der Waals surface area contributed by atoms with Crippen LogP contribution in [0.1, 0.15) is 19.4 Å². The SMILES string of the molecule is COc1cc(Cl)cc(CNC(C)C)c1OC/C(Cl)=C/Cl. The van der Waals surface area contributed by atoms with Gasteiger partial charge in [-0.1, -0.05) is 48.7 Å². The fraction of sp³-hybridized carbons (Fsp3) is 0.429. The highest BCUT2D eigenvalue weighted by Gasteiger charge is 2.13. The van der Waals surface area contributed by atoms with Crippen molar-refractivity contribution in [1.82, 2.24) is 5.32 Å². The fourth-order valence-corrected chi connectivity index (χ4v) is 1.90. The van der Waals surface area contributed by atoms with E-state index in [1.807, 2.05) is 6.07 Å². The second-order valence-corrected chi connectivity index (χ2v) is 5.62. The van der Waals surface area contributed by atoms with Crippen LogP contribution in [0.2, 0.25) is 5.02 Å². The number of benzene rings is 1. The van der Waals surface area contributed by atoms with Gasteiger partial charge in [0.05, 0.1) is 12.1 Å². The first kappa shape index (κ1) is 17.4. The van der Waals surface area contributed by atoms with Gasteiger partial charge in [0, 0.05) is 34.8 Å². The molecule has 0 aromatic heterocycles. The lowest BCUT2D eigenvalue weighted by Gasteiger charge is -2.17. The lowest BCUT2D eigenvalue weighted by atomic mass is 10.1. The maximum absolute atomic E-state index is 6.08. The molecular weight excluding hydrogens is 321 g/mol. The molecule has 0 aliphatic rings. The molecule has 0 bridgehead atoms. The molecule has 3 nitrogen and oxygen atoms in total. The van der Waals surface area contributed by atoms with Gasteiger partial charge >= 0.3 is 0 Å². The molecule has 112 valence electrons. The maximum Gasteiger partial charge on any atom is 0.166 e. The molecule has 0 radical (unpaired) electrons. The molecule has 0 aliphatic carbocycles. The summed E-state index contributed by atoms with van der Waals surface area (Å²) in [6.45, 7) is 4.93. The summed E-state index contributed by atoms with van der Waals surface area (Å²) in [5, 5.41) is 4.31. The molecule has 1 N–H and O–H groups in total. The van der Waals surface area contributed by atoms with E-state index in [2.05, 4.69) is 19.2 Å². The summed E-state index contributed by atoms with van der Waals surface area (Å²) in [6.07, 6.45) is 0. The smallest absolute Gasteiger partial charge is 0.166 e. The Kier molecular flexibility index (Phi) is 7.52. The average molecular weight is 339 g/mol. The monoisotopic (exact) mass is 337 g/mol. The first-order chi connectivity index (χ1) is 9.47. The first-order valence-corrected chi connectivity index (χ1v) is 7.34. The molecule has 0 aliphatic heterocycles. The van der Waals surface area contributed by atoms with Gasteiger partial charge in [-0.05, 0) is 6.07 Å². The lowest BCUT2D eigenvalue weighted by Crippen LogP contribution is -2.22. The van der Waals surface area contributed by atoms with Crippen molar-refractivity contribution in [3.63, 3.8) is 0 Å². The quantitative estimate of drug-likeness (QED) is 0.791. The number of ether oxygens (including phenoxy) is 2. The van der Waals surface area contributed by atoms with Crippen molar-refractivity contribution in [2.24, 2.45) is 0 Å². The van der Waals surface area contributed by atoms with Gasteiger partial charge in [0.1, 0.15) is 6.61 Å². The molecule has 0 unspecified atom stereocenters. The zero-order chi connectivity index (χ0) is 15.1. The van der Waals surface area contributed by atoms with E-state index in [-0.39, 0.29) is 6.61 Å².